The molecular weight excluding hydrogens is 462 g/mol. The van der Waals surface area contributed by atoms with E-state index in [1.165, 1.54) is 16.3 Å². The van der Waals surface area contributed by atoms with Gasteiger partial charge in [-0.15, -0.1) is 11.8 Å². The standard InChI is InChI=1S/C28H25NO5S/c1-3-32-28(31)34-26-17(2)29-22-15-33-27(30)25(22)24(26)21-13-6-7-14-23(21)35-16-19-11-8-10-18-9-4-5-12-20(18)19/h4-14,24,29H,3,15-16H2,1-2H3. The first-order valence-corrected chi connectivity index (χ1v) is 12.5. The average Bonchev–Trinajstić information content (AvgIpc) is 3.23. The van der Waals surface area contributed by atoms with Crippen LogP contribution in [0.1, 0.15) is 30.9 Å². The van der Waals surface area contributed by atoms with E-state index < -0.39 is 18.0 Å². The van der Waals surface area contributed by atoms with Crippen molar-refractivity contribution in [1.29, 1.82) is 0 Å². The normalized spacial score (nSPS) is 17.2. The van der Waals surface area contributed by atoms with E-state index in [0.717, 1.165) is 16.2 Å². The van der Waals surface area contributed by atoms with Crippen LogP contribution in [-0.4, -0.2) is 25.3 Å². The molecule has 0 fully saturated rings. The third-order valence-corrected chi connectivity index (χ3v) is 7.24. The summed E-state index contributed by atoms with van der Waals surface area (Å²) < 4.78 is 16.0. The van der Waals surface area contributed by atoms with E-state index in [1.54, 1.807) is 18.7 Å². The van der Waals surface area contributed by atoms with Gasteiger partial charge >= 0.3 is 12.1 Å². The Labute approximate surface area is 207 Å². The van der Waals surface area contributed by atoms with Crippen LogP contribution < -0.4 is 5.32 Å². The molecule has 0 radical (unpaired) electrons. The van der Waals surface area contributed by atoms with Gasteiger partial charge in [0.15, 0.2) is 0 Å². The Morgan fingerprint density at radius 1 is 1.09 bits per heavy atom. The smallest absolute Gasteiger partial charge is 0.456 e. The largest absolute Gasteiger partial charge is 0.513 e. The highest BCUT2D eigenvalue weighted by Gasteiger charge is 2.41. The van der Waals surface area contributed by atoms with E-state index in [2.05, 4.69) is 35.6 Å². The SMILES string of the molecule is CCOC(=O)OC1=C(C)NC2=C(C(=O)OC2)C1c1ccccc1SCc1cccc2ccccc12. The van der Waals surface area contributed by atoms with Crippen molar-refractivity contribution in [2.75, 3.05) is 13.2 Å². The van der Waals surface area contributed by atoms with Crippen molar-refractivity contribution in [2.24, 2.45) is 0 Å². The van der Waals surface area contributed by atoms with Crippen LogP contribution >= 0.6 is 11.8 Å². The van der Waals surface area contributed by atoms with Gasteiger partial charge in [0.05, 0.1) is 29.5 Å². The van der Waals surface area contributed by atoms with Gasteiger partial charge in [0, 0.05) is 10.6 Å². The number of fused-ring (bicyclic) bond motifs is 1. The number of ether oxygens (including phenoxy) is 3. The van der Waals surface area contributed by atoms with Gasteiger partial charge in [-0.25, -0.2) is 9.59 Å². The minimum absolute atomic E-state index is 0.167. The minimum atomic E-state index is -0.801. The summed E-state index contributed by atoms with van der Waals surface area (Å²) in [7, 11) is 0. The van der Waals surface area contributed by atoms with Crippen LogP contribution in [0.25, 0.3) is 10.8 Å². The molecule has 5 rings (SSSR count). The van der Waals surface area contributed by atoms with Gasteiger partial charge < -0.3 is 19.5 Å². The Bertz CT molecular complexity index is 1370. The molecule has 7 heteroatoms. The fourth-order valence-electron chi connectivity index (χ4n) is 4.54. The summed E-state index contributed by atoms with van der Waals surface area (Å²) in [4.78, 5) is 26.1. The second-order valence-corrected chi connectivity index (χ2v) is 9.28. The minimum Gasteiger partial charge on any atom is -0.456 e. The van der Waals surface area contributed by atoms with Gasteiger partial charge in [-0.05, 0) is 41.8 Å². The predicted octanol–water partition coefficient (Wildman–Crippen LogP) is 6.03. The zero-order chi connectivity index (χ0) is 24.4. The van der Waals surface area contributed by atoms with Crippen LogP contribution in [0.3, 0.4) is 0 Å². The van der Waals surface area contributed by atoms with Gasteiger partial charge in [-0.3, -0.25) is 0 Å². The van der Waals surface area contributed by atoms with Gasteiger partial charge in [0.2, 0.25) is 0 Å². The van der Waals surface area contributed by atoms with E-state index in [0.29, 0.717) is 22.7 Å². The quantitative estimate of drug-likeness (QED) is 0.336. The number of carbonyl (C=O) groups is 2. The lowest BCUT2D eigenvalue weighted by Crippen LogP contribution is -2.28. The first kappa shape index (κ1) is 23.1. The molecule has 35 heavy (non-hydrogen) atoms. The molecular formula is C28H25NO5S. The Hall–Kier alpha value is -3.71. The fraction of sp³-hybridized carbons (Fsp3) is 0.214. The summed E-state index contributed by atoms with van der Waals surface area (Å²) in [5.74, 6) is 0.0983. The number of allylic oxidation sites excluding steroid dienone is 2. The number of hydrogen-bond donors (Lipinski definition) is 1. The van der Waals surface area contributed by atoms with Crippen molar-refractivity contribution < 1.29 is 23.8 Å². The highest BCUT2D eigenvalue weighted by atomic mass is 32.2. The van der Waals surface area contributed by atoms with Gasteiger partial charge in [-0.1, -0.05) is 60.7 Å². The lowest BCUT2D eigenvalue weighted by molar-refractivity contribution is -0.136. The number of dihydropyridines is 1. The van der Waals surface area contributed by atoms with Gasteiger partial charge in [0.1, 0.15) is 12.4 Å². The second-order valence-electron chi connectivity index (χ2n) is 8.27. The van der Waals surface area contributed by atoms with Gasteiger partial charge in [0.25, 0.3) is 0 Å². The maximum Gasteiger partial charge on any atom is 0.513 e. The maximum absolute atomic E-state index is 12.8. The molecule has 0 saturated carbocycles. The molecule has 3 aromatic carbocycles. The summed E-state index contributed by atoms with van der Waals surface area (Å²) in [6.45, 7) is 3.89. The Kier molecular flexibility index (Phi) is 6.51. The van der Waals surface area contributed by atoms with Crippen molar-refractivity contribution in [3.63, 3.8) is 0 Å². The number of rotatable bonds is 6. The van der Waals surface area contributed by atoms with Crippen LogP contribution in [0.4, 0.5) is 4.79 Å². The van der Waals surface area contributed by atoms with Crippen LogP contribution in [0.2, 0.25) is 0 Å². The third-order valence-electron chi connectivity index (χ3n) is 6.10. The number of esters is 1. The molecule has 1 N–H and O–H groups in total. The summed E-state index contributed by atoms with van der Waals surface area (Å²) in [5.41, 5.74) is 3.91. The highest BCUT2D eigenvalue weighted by Crippen LogP contribution is 2.45. The van der Waals surface area contributed by atoms with Gasteiger partial charge in [-0.2, -0.15) is 0 Å². The first-order chi connectivity index (χ1) is 17.1. The predicted molar refractivity (Wildman–Crippen MR) is 135 cm³/mol. The van der Waals surface area contributed by atoms with E-state index in [9.17, 15) is 9.59 Å². The number of thioether (sulfide) groups is 1. The van der Waals surface area contributed by atoms with Crippen LogP contribution in [0, 0.1) is 0 Å². The molecule has 0 amide bonds. The number of cyclic esters (lactones) is 1. The van der Waals surface area contributed by atoms with E-state index in [-0.39, 0.29) is 13.2 Å². The first-order valence-electron chi connectivity index (χ1n) is 11.5. The fourth-order valence-corrected chi connectivity index (χ4v) is 5.63. The van der Waals surface area contributed by atoms with Crippen molar-refractivity contribution in [2.45, 2.75) is 30.4 Å². The van der Waals surface area contributed by atoms with Crippen molar-refractivity contribution in [3.8, 4) is 0 Å². The molecule has 2 aliphatic heterocycles. The van der Waals surface area contributed by atoms with Crippen LogP contribution in [0.5, 0.6) is 0 Å². The van der Waals surface area contributed by atoms with Crippen LogP contribution in [-0.2, 0) is 24.8 Å². The van der Waals surface area contributed by atoms with E-state index in [1.807, 2.05) is 43.3 Å². The highest BCUT2D eigenvalue weighted by molar-refractivity contribution is 7.98. The zero-order valence-electron chi connectivity index (χ0n) is 19.5. The van der Waals surface area contributed by atoms with Crippen LogP contribution in [0.15, 0.2) is 94.4 Å². The monoisotopic (exact) mass is 487 g/mol. The molecule has 2 aliphatic rings. The lowest BCUT2D eigenvalue weighted by atomic mass is 9.85. The van der Waals surface area contributed by atoms with E-state index in [4.69, 9.17) is 14.2 Å². The molecule has 0 saturated heterocycles. The molecule has 0 spiro atoms. The summed E-state index contributed by atoms with van der Waals surface area (Å²) in [6.07, 6.45) is -0.801. The van der Waals surface area contributed by atoms with E-state index >= 15 is 0 Å². The van der Waals surface area contributed by atoms with Crippen molar-refractivity contribution in [1.82, 2.24) is 5.32 Å². The molecule has 1 unspecified atom stereocenters. The second kappa shape index (κ2) is 9.88. The van der Waals surface area contributed by atoms with Crippen molar-refractivity contribution in [3.05, 3.63) is 101 Å². The molecule has 3 aromatic rings. The Morgan fingerprint density at radius 3 is 2.71 bits per heavy atom. The number of benzene rings is 3. The molecule has 178 valence electrons. The zero-order valence-corrected chi connectivity index (χ0v) is 20.3. The molecule has 0 aliphatic carbocycles. The number of carbonyl (C=O) groups excluding carboxylic acids is 2. The Balaban J connectivity index is 1.52. The average molecular weight is 488 g/mol. The number of hydrogen-bond acceptors (Lipinski definition) is 7. The Morgan fingerprint density at radius 2 is 1.86 bits per heavy atom. The summed E-state index contributed by atoms with van der Waals surface area (Å²) in [6, 6.07) is 22.5. The van der Waals surface area contributed by atoms with Crippen molar-refractivity contribution >= 4 is 34.7 Å². The molecule has 6 nitrogen and oxygen atoms in total. The topological polar surface area (TPSA) is 73.9 Å². The molecule has 0 aromatic heterocycles. The lowest BCUT2D eigenvalue weighted by Gasteiger charge is -2.28. The number of nitrogens with one attached hydrogen (secondary N) is 1. The molecule has 2 heterocycles. The molecule has 0 bridgehead atoms. The summed E-state index contributed by atoms with van der Waals surface area (Å²) in [5, 5.41) is 5.59. The molecule has 1 atom stereocenters. The maximum atomic E-state index is 12.8. The summed E-state index contributed by atoms with van der Waals surface area (Å²) >= 11 is 1.69. The third kappa shape index (κ3) is 4.51.